The lowest BCUT2D eigenvalue weighted by Gasteiger charge is -1.97. The molecule has 0 atom stereocenters. The zero-order chi connectivity index (χ0) is 11.1. The van der Waals surface area contributed by atoms with Gasteiger partial charge < -0.3 is 9.84 Å². The molecule has 0 fully saturated rings. The lowest BCUT2D eigenvalue weighted by Crippen LogP contribution is -1.99. The molecule has 0 unspecified atom stereocenters. The lowest BCUT2D eigenvalue weighted by atomic mass is 10.3. The van der Waals surface area contributed by atoms with Crippen LogP contribution in [0.15, 0.2) is 24.3 Å². The maximum absolute atomic E-state index is 11.0. The summed E-state index contributed by atoms with van der Waals surface area (Å²) < 4.78 is 4.72. The van der Waals surface area contributed by atoms with Crippen LogP contribution in [0.1, 0.15) is 18.3 Å². The van der Waals surface area contributed by atoms with Gasteiger partial charge in [0.05, 0.1) is 24.6 Å². The average molecular weight is 207 g/mol. The molecular formula is C11H13NO3. The van der Waals surface area contributed by atoms with E-state index in [0.717, 1.165) is 0 Å². The molecule has 1 rings (SSSR count). The van der Waals surface area contributed by atoms with Gasteiger partial charge in [-0.2, -0.15) is 0 Å². The summed E-state index contributed by atoms with van der Waals surface area (Å²) in [6.07, 6.45) is 2.87. The van der Waals surface area contributed by atoms with Gasteiger partial charge in [0, 0.05) is 6.08 Å². The van der Waals surface area contributed by atoms with E-state index in [1.54, 1.807) is 31.2 Å². The molecule has 0 radical (unpaired) electrons. The van der Waals surface area contributed by atoms with Gasteiger partial charge in [-0.3, -0.25) is 4.98 Å². The number of aliphatic hydroxyl groups excluding tert-OH is 1. The van der Waals surface area contributed by atoms with Crippen molar-refractivity contribution in [2.24, 2.45) is 0 Å². The van der Waals surface area contributed by atoms with Gasteiger partial charge >= 0.3 is 5.97 Å². The maximum Gasteiger partial charge on any atom is 0.330 e. The standard InChI is InChI=1S/C11H13NO3/c1-2-15-11(14)7-6-9-4-3-5-10(8-13)12-9/h3-7,13H,2,8H2,1H3/b7-6+. The molecule has 1 N–H and O–H groups in total. The summed E-state index contributed by atoms with van der Waals surface area (Å²) in [6, 6.07) is 5.22. The Bertz CT molecular complexity index is 361. The summed E-state index contributed by atoms with van der Waals surface area (Å²) in [5.74, 6) is -0.395. The molecule has 0 amide bonds. The monoisotopic (exact) mass is 207 g/mol. The Morgan fingerprint density at radius 3 is 3.07 bits per heavy atom. The SMILES string of the molecule is CCOC(=O)/C=C/c1cccc(CO)n1. The van der Waals surface area contributed by atoms with E-state index >= 15 is 0 Å². The van der Waals surface area contributed by atoms with Crippen LogP contribution >= 0.6 is 0 Å². The number of hydrogen-bond acceptors (Lipinski definition) is 4. The highest BCUT2D eigenvalue weighted by atomic mass is 16.5. The fraction of sp³-hybridized carbons (Fsp3) is 0.273. The third-order valence-electron chi connectivity index (χ3n) is 1.67. The Morgan fingerprint density at radius 1 is 1.60 bits per heavy atom. The van der Waals surface area contributed by atoms with E-state index in [1.165, 1.54) is 6.08 Å². The molecule has 0 aliphatic heterocycles. The summed E-state index contributed by atoms with van der Waals surface area (Å²) >= 11 is 0. The molecule has 1 heterocycles. The van der Waals surface area contributed by atoms with E-state index in [0.29, 0.717) is 18.0 Å². The Labute approximate surface area is 88.2 Å². The summed E-state index contributed by atoms with van der Waals surface area (Å²) in [4.78, 5) is 15.1. The van der Waals surface area contributed by atoms with Crippen molar-refractivity contribution in [3.05, 3.63) is 35.7 Å². The van der Waals surface area contributed by atoms with Crippen molar-refractivity contribution in [2.45, 2.75) is 13.5 Å². The second-order valence-electron chi connectivity index (χ2n) is 2.80. The number of rotatable bonds is 4. The number of nitrogens with zero attached hydrogens (tertiary/aromatic N) is 1. The summed E-state index contributed by atoms with van der Waals surface area (Å²) in [5, 5.41) is 8.85. The Kier molecular flexibility index (Phi) is 4.50. The number of hydrogen-bond donors (Lipinski definition) is 1. The van der Waals surface area contributed by atoms with Crippen molar-refractivity contribution >= 4 is 12.0 Å². The van der Waals surface area contributed by atoms with Crippen LogP contribution in [0.5, 0.6) is 0 Å². The second kappa shape index (κ2) is 5.93. The van der Waals surface area contributed by atoms with Gasteiger partial charge in [0.25, 0.3) is 0 Å². The third kappa shape index (κ3) is 3.91. The first kappa shape index (κ1) is 11.4. The summed E-state index contributed by atoms with van der Waals surface area (Å²) in [6.45, 7) is 1.99. The molecule has 1 aromatic heterocycles. The topological polar surface area (TPSA) is 59.4 Å². The number of ether oxygens (including phenoxy) is 1. The minimum atomic E-state index is -0.395. The van der Waals surface area contributed by atoms with E-state index in [4.69, 9.17) is 9.84 Å². The van der Waals surface area contributed by atoms with E-state index in [2.05, 4.69) is 4.98 Å². The van der Waals surface area contributed by atoms with Crippen molar-refractivity contribution < 1.29 is 14.6 Å². The molecule has 0 aliphatic carbocycles. The van der Waals surface area contributed by atoms with Gasteiger partial charge in [0.15, 0.2) is 0 Å². The first-order valence-electron chi connectivity index (χ1n) is 4.68. The zero-order valence-electron chi connectivity index (χ0n) is 8.51. The number of aromatic nitrogens is 1. The fourth-order valence-corrected chi connectivity index (χ4v) is 1.02. The predicted molar refractivity (Wildman–Crippen MR) is 55.8 cm³/mol. The smallest absolute Gasteiger partial charge is 0.330 e. The minimum absolute atomic E-state index is 0.110. The van der Waals surface area contributed by atoms with Gasteiger partial charge in [0.2, 0.25) is 0 Å². The third-order valence-corrected chi connectivity index (χ3v) is 1.67. The van der Waals surface area contributed by atoms with Crippen molar-refractivity contribution in [3.8, 4) is 0 Å². The van der Waals surface area contributed by atoms with Crippen LogP contribution in [0.25, 0.3) is 6.08 Å². The molecule has 0 aromatic carbocycles. The van der Waals surface area contributed by atoms with E-state index in [1.807, 2.05) is 0 Å². The lowest BCUT2D eigenvalue weighted by molar-refractivity contribution is -0.137. The highest BCUT2D eigenvalue weighted by Gasteiger charge is 1.96. The highest BCUT2D eigenvalue weighted by Crippen LogP contribution is 2.01. The molecule has 0 saturated heterocycles. The number of esters is 1. The van der Waals surface area contributed by atoms with Crippen LogP contribution in [0.3, 0.4) is 0 Å². The first-order chi connectivity index (χ1) is 7.26. The number of pyridine rings is 1. The number of aliphatic hydroxyl groups is 1. The molecule has 0 aliphatic rings. The van der Waals surface area contributed by atoms with Crippen LogP contribution in [0.2, 0.25) is 0 Å². The van der Waals surface area contributed by atoms with E-state index in [9.17, 15) is 4.79 Å². The average Bonchev–Trinajstić information content (AvgIpc) is 2.27. The molecule has 80 valence electrons. The Hall–Kier alpha value is -1.68. The van der Waals surface area contributed by atoms with Gasteiger partial charge in [-0.1, -0.05) is 6.07 Å². The molecular weight excluding hydrogens is 194 g/mol. The van der Waals surface area contributed by atoms with Gasteiger partial charge in [-0.15, -0.1) is 0 Å². The largest absolute Gasteiger partial charge is 0.463 e. The van der Waals surface area contributed by atoms with Gasteiger partial charge in [-0.05, 0) is 25.1 Å². The molecule has 15 heavy (non-hydrogen) atoms. The highest BCUT2D eigenvalue weighted by molar-refractivity contribution is 5.86. The predicted octanol–water partition coefficient (Wildman–Crippen LogP) is 1.15. The van der Waals surface area contributed by atoms with Crippen molar-refractivity contribution in [1.29, 1.82) is 0 Å². The maximum atomic E-state index is 11.0. The summed E-state index contributed by atoms with van der Waals surface area (Å²) in [5.41, 5.74) is 1.19. The molecule has 0 bridgehead atoms. The number of carbonyl (C=O) groups is 1. The molecule has 0 spiro atoms. The molecule has 4 heteroatoms. The molecule has 0 saturated carbocycles. The van der Waals surface area contributed by atoms with Gasteiger partial charge in [-0.25, -0.2) is 4.79 Å². The molecule has 4 nitrogen and oxygen atoms in total. The van der Waals surface area contributed by atoms with E-state index in [-0.39, 0.29) is 6.61 Å². The fourth-order valence-electron chi connectivity index (χ4n) is 1.02. The minimum Gasteiger partial charge on any atom is -0.463 e. The van der Waals surface area contributed by atoms with E-state index < -0.39 is 5.97 Å². The Balaban J connectivity index is 2.67. The first-order valence-corrected chi connectivity index (χ1v) is 4.68. The van der Waals surface area contributed by atoms with Gasteiger partial charge in [0.1, 0.15) is 0 Å². The van der Waals surface area contributed by atoms with Crippen molar-refractivity contribution in [1.82, 2.24) is 4.98 Å². The van der Waals surface area contributed by atoms with Crippen molar-refractivity contribution in [2.75, 3.05) is 6.61 Å². The van der Waals surface area contributed by atoms with Crippen LogP contribution in [-0.4, -0.2) is 22.7 Å². The van der Waals surface area contributed by atoms with Crippen LogP contribution < -0.4 is 0 Å². The quantitative estimate of drug-likeness (QED) is 0.594. The van der Waals surface area contributed by atoms with Crippen LogP contribution in [-0.2, 0) is 16.1 Å². The Morgan fingerprint density at radius 2 is 2.40 bits per heavy atom. The summed E-state index contributed by atoms with van der Waals surface area (Å²) in [7, 11) is 0. The second-order valence-corrected chi connectivity index (χ2v) is 2.80. The molecule has 1 aromatic rings. The van der Waals surface area contributed by atoms with Crippen LogP contribution in [0, 0.1) is 0 Å². The normalized spacial score (nSPS) is 10.5. The van der Waals surface area contributed by atoms with Crippen LogP contribution in [0.4, 0.5) is 0 Å². The zero-order valence-corrected chi connectivity index (χ0v) is 8.51. The number of carbonyl (C=O) groups excluding carboxylic acids is 1. The van der Waals surface area contributed by atoms with Crippen molar-refractivity contribution in [3.63, 3.8) is 0 Å².